The van der Waals surface area contributed by atoms with Gasteiger partial charge < -0.3 is 14.9 Å². The van der Waals surface area contributed by atoms with Gasteiger partial charge in [-0.1, -0.05) is 42.5 Å². The summed E-state index contributed by atoms with van der Waals surface area (Å²) in [5.41, 5.74) is 8.71. The van der Waals surface area contributed by atoms with Crippen molar-refractivity contribution in [3.8, 4) is 34.3 Å². The van der Waals surface area contributed by atoms with Crippen LogP contribution in [0.1, 0.15) is 5.56 Å². The molecule has 4 nitrogen and oxygen atoms in total. The second kappa shape index (κ2) is 5.66. The Labute approximate surface area is 128 Å². The van der Waals surface area contributed by atoms with E-state index in [1.165, 1.54) is 0 Å². The van der Waals surface area contributed by atoms with Gasteiger partial charge in [0.2, 0.25) is 0 Å². The van der Waals surface area contributed by atoms with Crippen molar-refractivity contribution in [2.24, 2.45) is 0 Å². The summed E-state index contributed by atoms with van der Waals surface area (Å²) in [6, 6.07) is 19.0. The first-order valence-corrected chi connectivity index (χ1v) is 6.76. The molecule has 0 bridgehead atoms. The molecule has 3 aromatic rings. The minimum absolute atomic E-state index is 0.237. The first kappa shape index (κ1) is 13.8. The topological polar surface area (TPSA) is 72.2 Å². The number of nitrogens with two attached hydrogens (primary N) is 1. The predicted molar refractivity (Wildman–Crippen MR) is 85.3 cm³/mol. The molecule has 1 aromatic heterocycles. The zero-order valence-electron chi connectivity index (χ0n) is 12.0. The molecule has 0 aliphatic carbocycles. The van der Waals surface area contributed by atoms with Gasteiger partial charge in [0.15, 0.2) is 11.6 Å². The molecule has 0 aliphatic heterocycles. The van der Waals surface area contributed by atoms with E-state index in [0.29, 0.717) is 16.9 Å². The molecule has 22 heavy (non-hydrogen) atoms. The zero-order valence-corrected chi connectivity index (χ0v) is 12.0. The Balaban J connectivity index is 2.16. The highest BCUT2D eigenvalue weighted by Gasteiger charge is 2.21. The second-order valence-electron chi connectivity index (χ2n) is 4.75. The van der Waals surface area contributed by atoms with Crippen LogP contribution in [0.25, 0.3) is 22.5 Å². The van der Waals surface area contributed by atoms with Gasteiger partial charge in [0.25, 0.3) is 0 Å². The lowest BCUT2D eigenvalue weighted by Gasteiger charge is -2.03. The number of nitrogen functional groups attached to an aromatic ring is 1. The second-order valence-corrected chi connectivity index (χ2v) is 4.75. The Morgan fingerprint density at radius 2 is 1.68 bits per heavy atom. The minimum atomic E-state index is 0.237. The van der Waals surface area contributed by atoms with E-state index in [-0.39, 0.29) is 5.88 Å². The van der Waals surface area contributed by atoms with Gasteiger partial charge in [-0.15, -0.1) is 0 Å². The van der Waals surface area contributed by atoms with Crippen LogP contribution in [-0.2, 0) is 0 Å². The van der Waals surface area contributed by atoms with Crippen LogP contribution in [0, 0.1) is 11.3 Å². The predicted octanol–water partition coefficient (Wildman–Crippen LogP) is 4.08. The fourth-order valence-electron chi connectivity index (χ4n) is 2.39. The lowest BCUT2D eigenvalue weighted by molar-refractivity contribution is 0.415. The Hall–Kier alpha value is -3.19. The maximum Gasteiger partial charge on any atom is 0.200 e. The van der Waals surface area contributed by atoms with E-state index >= 15 is 0 Å². The summed E-state index contributed by atoms with van der Waals surface area (Å²) in [5.74, 6) is 1.47. The summed E-state index contributed by atoms with van der Waals surface area (Å²) in [4.78, 5) is 0. The van der Waals surface area contributed by atoms with E-state index in [9.17, 15) is 5.26 Å². The van der Waals surface area contributed by atoms with Crippen LogP contribution in [-0.4, -0.2) is 7.11 Å². The molecule has 0 saturated heterocycles. The summed E-state index contributed by atoms with van der Waals surface area (Å²) in [7, 11) is 1.61. The number of ether oxygens (including phenoxy) is 1. The molecule has 0 radical (unpaired) electrons. The van der Waals surface area contributed by atoms with Crippen LogP contribution < -0.4 is 10.5 Å². The standard InChI is InChI=1S/C18H14N2O2/c1-21-14-9-7-12(8-10-14)16-15(11-19)17(22-18(16)20)13-5-3-2-4-6-13/h2-10H,20H2,1H3. The van der Waals surface area contributed by atoms with Crippen molar-refractivity contribution in [1.29, 1.82) is 5.26 Å². The molecule has 0 fully saturated rings. The number of hydrogen-bond acceptors (Lipinski definition) is 4. The largest absolute Gasteiger partial charge is 0.497 e. The molecule has 4 heteroatoms. The smallest absolute Gasteiger partial charge is 0.200 e. The highest BCUT2D eigenvalue weighted by atomic mass is 16.5. The van der Waals surface area contributed by atoms with Crippen molar-refractivity contribution in [2.45, 2.75) is 0 Å². The molecular weight excluding hydrogens is 276 g/mol. The third-order valence-electron chi connectivity index (χ3n) is 3.46. The van der Waals surface area contributed by atoms with Crippen LogP contribution >= 0.6 is 0 Å². The van der Waals surface area contributed by atoms with E-state index in [0.717, 1.165) is 16.9 Å². The van der Waals surface area contributed by atoms with Crippen LogP contribution in [0.2, 0.25) is 0 Å². The number of anilines is 1. The van der Waals surface area contributed by atoms with Crippen molar-refractivity contribution in [3.05, 3.63) is 60.2 Å². The van der Waals surface area contributed by atoms with Crippen molar-refractivity contribution >= 4 is 5.88 Å². The maximum atomic E-state index is 9.55. The first-order chi connectivity index (χ1) is 10.7. The van der Waals surface area contributed by atoms with Crippen molar-refractivity contribution in [3.63, 3.8) is 0 Å². The molecular formula is C18H14N2O2. The van der Waals surface area contributed by atoms with Crippen molar-refractivity contribution in [2.75, 3.05) is 12.8 Å². The number of hydrogen-bond donors (Lipinski definition) is 1. The lowest BCUT2D eigenvalue weighted by atomic mass is 10.00. The quantitative estimate of drug-likeness (QED) is 0.789. The molecule has 0 amide bonds. The average molecular weight is 290 g/mol. The molecule has 0 spiro atoms. The van der Waals surface area contributed by atoms with Gasteiger partial charge in [0.05, 0.1) is 12.7 Å². The molecule has 2 N–H and O–H groups in total. The zero-order chi connectivity index (χ0) is 15.5. The molecule has 0 saturated carbocycles. The third kappa shape index (κ3) is 2.29. The fourth-order valence-corrected chi connectivity index (χ4v) is 2.39. The van der Waals surface area contributed by atoms with E-state index in [1.54, 1.807) is 7.11 Å². The number of furan rings is 1. The number of nitriles is 1. The summed E-state index contributed by atoms with van der Waals surface area (Å²) >= 11 is 0. The first-order valence-electron chi connectivity index (χ1n) is 6.76. The van der Waals surface area contributed by atoms with Crippen LogP contribution in [0.5, 0.6) is 5.75 Å². The number of nitrogens with zero attached hydrogens (tertiary/aromatic N) is 1. The monoisotopic (exact) mass is 290 g/mol. The maximum absolute atomic E-state index is 9.55. The molecule has 0 aliphatic rings. The summed E-state index contributed by atoms with van der Waals surface area (Å²) in [6.07, 6.45) is 0. The third-order valence-corrected chi connectivity index (χ3v) is 3.46. The molecule has 2 aromatic carbocycles. The Morgan fingerprint density at radius 3 is 2.27 bits per heavy atom. The minimum Gasteiger partial charge on any atom is -0.497 e. The SMILES string of the molecule is COc1ccc(-c2c(N)oc(-c3ccccc3)c2C#N)cc1. The fraction of sp³-hybridized carbons (Fsp3) is 0.0556. The van der Waals surface area contributed by atoms with E-state index in [2.05, 4.69) is 6.07 Å². The van der Waals surface area contributed by atoms with Gasteiger partial charge in [0, 0.05) is 5.56 Å². The molecule has 1 heterocycles. The molecule has 108 valence electrons. The number of benzene rings is 2. The van der Waals surface area contributed by atoms with Gasteiger partial charge in [0.1, 0.15) is 17.4 Å². The van der Waals surface area contributed by atoms with E-state index < -0.39 is 0 Å². The van der Waals surface area contributed by atoms with Crippen LogP contribution in [0.15, 0.2) is 59.0 Å². The van der Waals surface area contributed by atoms with E-state index in [1.807, 2.05) is 54.6 Å². The molecule has 0 unspecified atom stereocenters. The summed E-state index contributed by atoms with van der Waals surface area (Å²) < 4.78 is 10.8. The lowest BCUT2D eigenvalue weighted by Crippen LogP contribution is -1.88. The molecule has 0 atom stereocenters. The van der Waals surface area contributed by atoms with Crippen LogP contribution in [0.3, 0.4) is 0 Å². The van der Waals surface area contributed by atoms with Gasteiger partial charge in [-0.2, -0.15) is 5.26 Å². The van der Waals surface area contributed by atoms with E-state index in [4.69, 9.17) is 14.9 Å². The summed E-state index contributed by atoms with van der Waals surface area (Å²) in [6.45, 7) is 0. The normalized spacial score (nSPS) is 10.2. The molecule has 3 rings (SSSR count). The average Bonchev–Trinajstić information content (AvgIpc) is 2.92. The van der Waals surface area contributed by atoms with Gasteiger partial charge in [-0.05, 0) is 17.7 Å². The van der Waals surface area contributed by atoms with Crippen molar-refractivity contribution < 1.29 is 9.15 Å². The Kier molecular flexibility index (Phi) is 3.55. The van der Waals surface area contributed by atoms with Crippen LogP contribution in [0.4, 0.5) is 5.88 Å². The Bertz CT molecular complexity index is 828. The highest BCUT2D eigenvalue weighted by Crippen LogP contribution is 2.39. The van der Waals surface area contributed by atoms with Gasteiger partial charge in [-0.25, -0.2) is 0 Å². The highest BCUT2D eigenvalue weighted by molar-refractivity contribution is 5.86. The summed E-state index contributed by atoms with van der Waals surface area (Å²) in [5, 5.41) is 9.55. The Morgan fingerprint density at radius 1 is 1.00 bits per heavy atom. The number of rotatable bonds is 3. The number of methoxy groups -OCH3 is 1. The van der Waals surface area contributed by atoms with Crippen molar-refractivity contribution in [1.82, 2.24) is 0 Å². The van der Waals surface area contributed by atoms with Gasteiger partial charge >= 0.3 is 0 Å². The van der Waals surface area contributed by atoms with Gasteiger partial charge in [-0.3, -0.25) is 0 Å².